The van der Waals surface area contributed by atoms with Crippen molar-refractivity contribution in [3.63, 3.8) is 0 Å². The van der Waals surface area contributed by atoms with Gasteiger partial charge in [-0.2, -0.15) is 0 Å². The summed E-state index contributed by atoms with van der Waals surface area (Å²) in [4.78, 5) is 15.3. The van der Waals surface area contributed by atoms with Crippen LogP contribution in [-0.4, -0.2) is 24.7 Å². The summed E-state index contributed by atoms with van der Waals surface area (Å²) in [6.45, 7) is 3.40. The summed E-state index contributed by atoms with van der Waals surface area (Å²) in [6, 6.07) is 0. The Hall–Kier alpha value is -0.940. The van der Waals surface area contributed by atoms with Gasteiger partial charge < -0.3 is 9.47 Å². The molecule has 4 nitrogen and oxygen atoms in total. The van der Waals surface area contributed by atoms with Crippen LogP contribution in [0.15, 0.2) is 5.38 Å². The molecule has 1 heterocycles. The number of ether oxygens (including phenoxy) is 2. The molecule has 16 heavy (non-hydrogen) atoms. The first kappa shape index (κ1) is 13.1. The van der Waals surface area contributed by atoms with Crippen LogP contribution in [0.5, 0.6) is 0 Å². The number of aromatic nitrogens is 1. The Morgan fingerprint density at radius 2 is 2.38 bits per heavy atom. The third-order valence-electron chi connectivity index (χ3n) is 1.99. The normalized spacial score (nSPS) is 10.4. The highest BCUT2D eigenvalue weighted by Crippen LogP contribution is 2.12. The van der Waals surface area contributed by atoms with E-state index >= 15 is 0 Å². The molecule has 1 aromatic rings. The second-order valence-electron chi connectivity index (χ2n) is 3.36. The molecule has 0 radical (unpaired) electrons. The number of carbonyl (C=O) groups excluding carboxylic acids is 1. The molecule has 0 amide bonds. The fourth-order valence-corrected chi connectivity index (χ4v) is 1.93. The maximum Gasteiger partial charge on any atom is 0.305 e. The third-order valence-corrected chi connectivity index (χ3v) is 2.86. The van der Waals surface area contributed by atoms with E-state index in [-0.39, 0.29) is 5.97 Å². The van der Waals surface area contributed by atoms with Gasteiger partial charge in [0, 0.05) is 18.4 Å². The van der Waals surface area contributed by atoms with E-state index in [0.717, 1.165) is 23.7 Å². The van der Waals surface area contributed by atoms with Gasteiger partial charge in [0.25, 0.3) is 0 Å². The second-order valence-corrected chi connectivity index (χ2v) is 4.30. The summed E-state index contributed by atoms with van der Waals surface area (Å²) in [7, 11) is 1.40. The largest absolute Gasteiger partial charge is 0.469 e. The molecule has 0 spiro atoms. The number of carbonyl (C=O) groups is 1. The van der Waals surface area contributed by atoms with Crippen LogP contribution in [0, 0.1) is 0 Å². The fraction of sp³-hybridized carbons (Fsp3) is 0.636. The summed E-state index contributed by atoms with van der Waals surface area (Å²) in [6.07, 6.45) is 2.03. The minimum atomic E-state index is -0.197. The van der Waals surface area contributed by atoms with E-state index in [1.807, 2.05) is 5.38 Å². The smallest absolute Gasteiger partial charge is 0.305 e. The molecule has 1 aromatic heterocycles. The fourth-order valence-electron chi connectivity index (χ4n) is 1.17. The number of methoxy groups -OCH3 is 1. The van der Waals surface area contributed by atoms with Gasteiger partial charge in [-0.3, -0.25) is 4.79 Å². The maximum absolute atomic E-state index is 10.9. The van der Waals surface area contributed by atoms with Crippen molar-refractivity contribution in [3.8, 4) is 0 Å². The second kappa shape index (κ2) is 7.35. The lowest BCUT2D eigenvalue weighted by atomic mass is 10.2. The van der Waals surface area contributed by atoms with Crippen LogP contribution < -0.4 is 0 Å². The zero-order valence-electron chi connectivity index (χ0n) is 9.69. The Morgan fingerprint density at radius 3 is 3.06 bits per heavy atom. The molecule has 0 aliphatic carbocycles. The average Bonchev–Trinajstić information content (AvgIpc) is 2.74. The van der Waals surface area contributed by atoms with Crippen LogP contribution in [0.4, 0.5) is 0 Å². The molecule has 5 heteroatoms. The van der Waals surface area contributed by atoms with Crippen molar-refractivity contribution in [2.45, 2.75) is 32.8 Å². The van der Waals surface area contributed by atoms with Crippen molar-refractivity contribution in [1.29, 1.82) is 0 Å². The first-order valence-electron chi connectivity index (χ1n) is 5.34. The highest BCUT2D eigenvalue weighted by atomic mass is 32.1. The summed E-state index contributed by atoms with van der Waals surface area (Å²) < 4.78 is 9.96. The monoisotopic (exact) mass is 243 g/mol. The molecule has 0 aromatic carbocycles. The van der Waals surface area contributed by atoms with Gasteiger partial charge in [-0.15, -0.1) is 11.3 Å². The van der Waals surface area contributed by atoms with E-state index < -0.39 is 0 Å². The molecule has 0 unspecified atom stereocenters. The lowest BCUT2D eigenvalue weighted by Gasteiger charge is -1.98. The van der Waals surface area contributed by atoms with E-state index in [0.29, 0.717) is 19.4 Å². The number of thiazole rings is 1. The van der Waals surface area contributed by atoms with E-state index in [9.17, 15) is 4.79 Å². The number of nitrogens with zero attached hydrogens (tertiary/aromatic N) is 1. The van der Waals surface area contributed by atoms with Gasteiger partial charge in [-0.1, -0.05) is 6.92 Å². The molecular weight excluding hydrogens is 226 g/mol. The predicted octanol–water partition coefficient (Wildman–Crippen LogP) is 2.18. The Bertz CT molecular complexity index is 325. The van der Waals surface area contributed by atoms with Crippen LogP contribution in [0.25, 0.3) is 0 Å². The Labute approximate surface area is 99.6 Å². The molecule has 0 atom stereocenters. The molecular formula is C11H17NO3S. The van der Waals surface area contributed by atoms with Crippen LogP contribution >= 0.6 is 11.3 Å². The maximum atomic E-state index is 10.9. The average molecular weight is 243 g/mol. The van der Waals surface area contributed by atoms with Gasteiger partial charge in [0.05, 0.1) is 25.8 Å². The van der Waals surface area contributed by atoms with Crippen molar-refractivity contribution in [3.05, 3.63) is 16.1 Å². The van der Waals surface area contributed by atoms with Gasteiger partial charge in [0.2, 0.25) is 0 Å². The number of esters is 1. The van der Waals surface area contributed by atoms with Gasteiger partial charge in [0.1, 0.15) is 5.01 Å². The SMILES string of the molecule is CCCOCc1nc(CCC(=O)OC)cs1. The number of aryl methyl sites for hydroxylation is 1. The van der Waals surface area contributed by atoms with Crippen molar-refractivity contribution in [2.24, 2.45) is 0 Å². The van der Waals surface area contributed by atoms with Crippen LogP contribution in [0.1, 0.15) is 30.5 Å². The van der Waals surface area contributed by atoms with Crippen LogP contribution in [-0.2, 0) is 27.3 Å². The molecule has 0 N–H and O–H groups in total. The minimum absolute atomic E-state index is 0.197. The molecule has 1 rings (SSSR count). The summed E-state index contributed by atoms with van der Waals surface area (Å²) in [5, 5.41) is 2.93. The highest BCUT2D eigenvalue weighted by Gasteiger charge is 2.05. The molecule has 0 saturated heterocycles. The van der Waals surface area contributed by atoms with Crippen LogP contribution in [0.3, 0.4) is 0 Å². The highest BCUT2D eigenvalue weighted by molar-refractivity contribution is 7.09. The Balaban J connectivity index is 2.30. The predicted molar refractivity (Wildman–Crippen MR) is 62.4 cm³/mol. The van der Waals surface area contributed by atoms with Gasteiger partial charge in [0.15, 0.2) is 0 Å². The summed E-state index contributed by atoms with van der Waals surface area (Å²) in [5.41, 5.74) is 0.936. The zero-order chi connectivity index (χ0) is 11.8. The lowest BCUT2D eigenvalue weighted by molar-refractivity contribution is -0.140. The first-order chi connectivity index (χ1) is 7.76. The van der Waals surface area contributed by atoms with Crippen molar-refractivity contribution < 1.29 is 14.3 Å². The van der Waals surface area contributed by atoms with Gasteiger partial charge in [-0.25, -0.2) is 4.98 Å². The molecule has 0 aliphatic rings. The lowest BCUT2D eigenvalue weighted by Crippen LogP contribution is -2.02. The minimum Gasteiger partial charge on any atom is -0.469 e. The third kappa shape index (κ3) is 4.72. The van der Waals surface area contributed by atoms with Crippen molar-refractivity contribution in [2.75, 3.05) is 13.7 Å². The number of hydrogen-bond acceptors (Lipinski definition) is 5. The van der Waals surface area contributed by atoms with E-state index in [1.54, 1.807) is 11.3 Å². The van der Waals surface area contributed by atoms with Gasteiger partial charge >= 0.3 is 5.97 Å². The number of hydrogen-bond donors (Lipinski definition) is 0. The Kier molecular flexibility index (Phi) is 6.03. The van der Waals surface area contributed by atoms with E-state index in [1.165, 1.54) is 7.11 Å². The molecule has 0 bridgehead atoms. The zero-order valence-corrected chi connectivity index (χ0v) is 10.5. The van der Waals surface area contributed by atoms with Crippen LogP contribution in [0.2, 0.25) is 0 Å². The first-order valence-corrected chi connectivity index (χ1v) is 6.22. The van der Waals surface area contributed by atoms with Gasteiger partial charge in [-0.05, 0) is 6.42 Å². The van der Waals surface area contributed by atoms with E-state index in [2.05, 4.69) is 16.6 Å². The topological polar surface area (TPSA) is 48.4 Å². The molecule has 0 saturated carbocycles. The van der Waals surface area contributed by atoms with Crippen molar-refractivity contribution in [1.82, 2.24) is 4.98 Å². The molecule has 0 aliphatic heterocycles. The molecule has 0 fully saturated rings. The van der Waals surface area contributed by atoms with Crippen molar-refractivity contribution >= 4 is 17.3 Å². The summed E-state index contributed by atoms with van der Waals surface area (Å²) in [5.74, 6) is -0.197. The molecule has 90 valence electrons. The Morgan fingerprint density at radius 1 is 1.56 bits per heavy atom. The summed E-state index contributed by atoms with van der Waals surface area (Å²) >= 11 is 1.57. The van der Waals surface area contributed by atoms with E-state index in [4.69, 9.17) is 4.74 Å². The quantitative estimate of drug-likeness (QED) is 0.544. The standard InChI is InChI=1S/C11H17NO3S/c1-3-6-15-7-10-12-9(8-16-10)4-5-11(13)14-2/h8H,3-7H2,1-2H3. The number of rotatable bonds is 7.